The van der Waals surface area contributed by atoms with Gasteiger partial charge in [0.2, 0.25) is 0 Å². The van der Waals surface area contributed by atoms with Crippen LogP contribution in [-0.4, -0.2) is 0 Å². The monoisotopic (exact) mass is 360 g/mol. The Morgan fingerprint density at radius 3 is 1.46 bits per heavy atom. The van der Waals surface area contributed by atoms with Gasteiger partial charge in [-0.05, 0) is 38.2 Å². The molecule has 0 spiro atoms. The minimum absolute atomic E-state index is 1.21. The molecule has 1 aromatic heterocycles. The highest BCUT2D eigenvalue weighted by Gasteiger charge is 2.08. The Morgan fingerprint density at radius 2 is 0.962 bits per heavy atom. The number of aromatic nitrogens is 1. The molecule has 0 saturated carbocycles. The summed E-state index contributed by atoms with van der Waals surface area (Å²) in [5, 5.41) is 0. The lowest BCUT2D eigenvalue weighted by atomic mass is 10.0. The summed E-state index contributed by atoms with van der Waals surface area (Å²) in [6.45, 7) is 8.09. The van der Waals surface area contributed by atoms with E-state index in [4.69, 9.17) is 0 Å². The molecule has 1 heterocycles. The average Bonchev–Trinajstić information content (AvgIpc) is 2.65. The van der Waals surface area contributed by atoms with Crippen LogP contribution in [0.2, 0.25) is 0 Å². The SMILES string of the molecule is CCCCCCCC[n+]1cc(CCCCCC)cc(CCCCCC)c1. The highest BCUT2D eigenvalue weighted by atomic mass is 14.9. The zero-order valence-corrected chi connectivity index (χ0v) is 18.2. The molecule has 0 bridgehead atoms. The first-order chi connectivity index (χ1) is 12.8. The van der Waals surface area contributed by atoms with E-state index in [1.54, 1.807) is 11.1 Å². The van der Waals surface area contributed by atoms with E-state index in [0.29, 0.717) is 0 Å². The molecule has 1 rings (SSSR count). The van der Waals surface area contributed by atoms with Crippen LogP contribution >= 0.6 is 0 Å². The molecule has 1 heteroatoms. The van der Waals surface area contributed by atoms with Gasteiger partial charge in [-0.25, -0.2) is 4.57 Å². The fourth-order valence-corrected chi connectivity index (χ4v) is 3.76. The molecule has 0 fully saturated rings. The number of unbranched alkanes of at least 4 members (excludes halogenated alkanes) is 11. The first-order valence-corrected chi connectivity index (χ1v) is 11.8. The molecule has 0 aliphatic rings. The summed E-state index contributed by atoms with van der Waals surface area (Å²) in [7, 11) is 0. The van der Waals surface area contributed by atoms with Crippen LogP contribution in [0.1, 0.15) is 122 Å². The summed E-state index contributed by atoms with van der Waals surface area (Å²) in [6, 6.07) is 2.50. The second kappa shape index (κ2) is 16.3. The number of rotatable bonds is 17. The smallest absolute Gasteiger partial charge is 0.171 e. The third-order valence-corrected chi connectivity index (χ3v) is 5.44. The predicted octanol–water partition coefficient (Wildman–Crippen LogP) is 7.58. The maximum Gasteiger partial charge on any atom is 0.171 e. The van der Waals surface area contributed by atoms with Crippen molar-refractivity contribution < 1.29 is 4.57 Å². The molecule has 26 heavy (non-hydrogen) atoms. The van der Waals surface area contributed by atoms with Crippen molar-refractivity contribution in [2.24, 2.45) is 0 Å². The molecular formula is C25H46N+. The van der Waals surface area contributed by atoms with Crippen LogP contribution in [0.3, 0.4) is 0 Å². The van der Waals surface area contributed by atoms with Gasteiger partial charge < -0.3 is 0 Å². The van der Waals surface area contributed by atoms with Crippen molar-refractivity contribution in [2.45, 2.75) is 130 Å². The summed E-state index contributed by atoms with van der Waals surface area (Å²) in [4.78, 5) is 0. The molecule has 0 aliphatic heterocycles. The van der Waals surface area contributed by atoms with Crippen molar-refractivity contribution in [3.8, 4) is 0 Å². The van der Waals surface area contributed by atoms with Gasteiger partial charge in [0.1, 0.15) is 6.54 Å². The fraction of sp³-hybridized carbons (Fsp3) is 0.800. The third kappa shape index (κ3) is 11.7. The molecule has 0 amide bonds. The van der Waals surface area contributed by atoms with Crippen molar-refractivity contribution >= 4 is 0 Å². The van der Waals surface area contributed by atoms with Crippen LogP contribution in [0.15, 0.2) is 18.5 Å². The second-order valence-corrected chi connectivity index (χ2v) is 8.18. The molecule has 1 aromatic rings. The van der Waals surface area contributed by atoms with Crippen molar-refractivity contribution in [1.29, 1.82) is 0 Å². The van der Waals surface area contributed by atoms with E-state index in [9.17, 15) is 0 Å². The minimum Gasteiger partial charge on any atom is -0.205 e. The normalized spacial score (nSPS) is 11.2. The zero-order chi connectivity index (χ0) is 18.9. The lowest BCUT2D eigenvalue weighted by Gasteiger charge is -2.07. The third-order valence-electron chi connectivity index (χ3n) is 5.44. The molecule has 0 unspecified atom stereocenters. The Balaban J connectivity index is 2.52. The van der Waals surface area contributed by atoms with Gasteiger partial charge in [0.05, 0.1) is 0 Å². The standard InChI is InChI=1S/C25H46N/c1-4-7-10-13-14-17-20-26-22-24(18-15-11-8-5-2)21-25(23-26)19-16-12-9-6-3/h21-23H,4-20H2,1-3H3/q+1. The van der Waals surface area contributed by atoms with Gasteiger partial charge in [-0.3, -0.25) is 0 Å². The number of hydrogen-bond acceptors (Lipinski definition) is 0. The van der Waals surface area contributed by atoms with Crippen molar-refractivity contribution in [1.82, 2.24) is 0 Å². The van der Waals surface area contributed by atoms with Gasteiger partial charge in [-0.2, -0.15) is 0 Å². The van der Waals surface area contributed by atoms with Crippen LogP contribution in [0.5, 0.6) is 0 Å². The molecule has 0 atom stereocenters. The van der Waals surface area contributed by atoms with Crippen LogP contribution in [0.4, 0.5) is 0 Å². The quantitative estimate of drug-likeness (QED) is 0.199. The predicted molar refractivity (Wildman–Crippen MR) is 116 cm³/mol. The summed E-state index contributed by atoms with van der Waals surface area (Å²) < 4.78 is 2.50. The van der Waals surface area contributed by atoms with E-state index in [-0.39, 0.29) is 0 Å². The van der Waals surface area contributed by atoms with Gasteiger partial charge in [0.25, 0.3) is 0 Å². The summed E-state index contributed by atoms with van der Waals surface area (Å²) in [6.07, 6.45) is 26.6. The van der Waals surface area contributed by atoms with Crippen molar-refractivity contribution in [3.63, 3.8) is 0 Å². The lowest BCUT2D eigenvalue weighted by Crippen LogP contribution is -2.34. The first-order valence-electron chi connectivity index (χ1n) is 11.8. The minimum atomic E-state index is 1.21. The summed E-state index contributed by atoms with van der Waals surface area (Å²) in [5.74, 6) is 0. The Kier molecular flexibility index (Phi) is 14.6. The van der Waals surface area contributed by atoms with E-state index in [0.717, 1.165) is 0 Å². The first kappa shape index (κ1) is 23.2. The van der Waals surface area contributed by atoms with Crippen molar-refractivity contribution in [3.05, 3.63) is 29.6 Å². The molecule has 0 N–H and O–H groups in total. The zero-order valence-electron chi connectivity index (χ0n) is 18.2. The fourth-order valence-electron chi connectivity index (χ4n) is 3.76. The highest BCUT2D eigenvalue weighted by Crippen LogP contribution is 2.12. The largest absolute Gasteiger partial charge is 0.205 e. The average molecular weight is 361 g/mol. The van der Waals surface area contributed by atoms with Crippen LogP contribution in [0.25, 0.3) is 0 Å². The number of pyridine rings is 1. The molecule has 0 saturated heterocycles. The van der Waals surface area contributed by atoms with E-state index in [1.165, 1.54) is 109 Å². The van der Waals surface area contributed by atoms with E-state index >= 15 is 0 Å². The highest BCUT2D eigenvalue weighted by molar-refractivity contribution is 5.15. The molecular weight excluding hydrogens is 314 g/mol. The Bertz CT molecular complexity index is 408. The number of nitrogens with zero attached hydrogens (tertiary/aromatic N) is 1. The van der Waals surface area contributed by atoms with Crippen LogP contribution in [-0.2, 0) is 19.4 Å². The van der Waals surface area contributed by atoms with E-state index in [1.807, 2.05) is 0 Å². The van der Waals surface area contributed by atoms with Gasteiger partial charge in [-0.1, -0.05) is 85.0 Å². The van der Waals surface area contributed by atoms with Crippen LogP contribution in [0, 0.1) is 0 Å². The second-order valence-electron chi connectivity index (χ2n) is 8.18. The Labute approximate surface area is 164 Å². The maximum absolute atomic E-state index is 2.50. The Hall–Kier alpha value is -0.850. The van der Waals surface area contributed by atoms with Gasteiger partial charge >= 0.3 is 0 Å². The molecule has 1 nitrogen and oxygen atoms in total. The maximum atomic E-state index is 2.50. The molecule has 0 aliphatic carbocycles. The number of hydrogen-bond donors (Lipinski definition) is 0. The van der Waals surface area contributed by atoms with Gasteiger partial charge in [0, 0.05) is 17.5 Å². The molecule has 0 aromatic carbocycles. The van der Waals surface area contributed by atoms with E-state index < -0.39 is 0 Å². The van der Waals surface area contributed by atoms with Gasteiger partial charge in [0.15, 0.2) is 12.4 Å². The molecule has 150 valence electrons. The van der Waals surface area contributed by atoms with E-state index in [2.05, 4.69) is 43.8 Å². The number of aryl methyl sites for hydroxylation is 3. The topological polar surface area (TPSA) is 3.88 Å². The lowest BCUT2D eigenvalue weighted by molar-refractivity contribution is -0.698. The van der Waals surface area contributed by atoms with Crippen LogP contribution < -0.4 is 4.57 Å². The van der Waals surface area contributed by atoms with Crippen molar-refractivity contribution in [2.75, 3.05) is 0 Å². The summed E-state index contributed by atoms with van der Waals surface area (Å²) in [5.41, 5.74) is 3.14. The summed E-state index contributed by atoms with van der Waals surface area (Å²) >= 11 is 0. The Morgan fingerprint density at radius 1 is 0.538 bits per heavy atom. The van der Waals surface area contributed by atoms with Gasteiger partial charge in [-0.15, -0.1) is 0 Å². The molecule has 0 radical (unpaired) electrons.